The molecule has 1 aliphatic rings. The van der Waals surface area contributed by atoms with Crippen LogP contribution in [-0.2, 0) is 4.79 Å². The van der Waals surface area contributed by atoms with E-state index in [9.17, 15) is 9.90 Å². The van der Waals surface area contributed by atoms with Gasteiger partial charge in [0.2, 0.25) is 0 Å². The monoisotopic (exact) mass is 207 g/mol. The molecule has 0 aromatic carbocycles. The Morgan fingerprint density at radius 3 is 2.79 bits per heavy atom. The van der Waals surface area contributed by atoms with Gasteiger partial charge in [0.05, 0.1) is 11.0 Å². The maximum absolute atomic E-state index is 10.5. The van der Waals surface area contributed by atoms with Crippen LogP contribution in [0.25, 0.3) is 0 Å². The Labute approximate surface area is 85.1 Å². The molecule has 1 aliphatic heterocycles. The van der Waals surface area contributed by atoms with Crippen LogP contribution in [0.15, 0.2) is 29.5 Å². The molecular formula is C9H7N2O2S-. The first-order valence-corrected chi connectivity index (χ1v) is 5.08. The van der Waals surface area contributed by atoms with Crippen LogP contribution in [0, 0.1) is 0 Å². The van der Waals surface area contributed by atoms with Crippen molar-refractivity contribution in [1.29, 1.82) is 0 Å². The van der Waals surface area contributed by atoms with E-state index in [1.807, 2.05) is 12.1 Å². The molecule has 1 atom stereocenters. The molecule has 0 unspecified atom stereocenters. The van der Waals surface area contributed by atoms with Gasteiger partial charge < -0.3 is 9.90 Å². The lowest BCUT2D eigenvalue weighted by Crippen LogP contribution is -2.34. The molecule has 0 spiro atoms. The third-order valence-electron chi connectivity index (χ3n) is 1.85. The summed E-state index contributed by atoms with van der Waals surface area (Å²) in [6.45, 7) is 0. The number of nitrogens with zero attached hydrogens (tertiary/aromatic N) is 2. The quantitative estimate of drug-likeness (QED) is 0.667. The minimum Gasteiger partial charge on any atom is -0.548 e. The fourth-order valence-corrected chi connectivity index (χ4v) is 2.18. The maximum Gasteiger partial charge on any atom is 0.100 e. The van der Waals surface area contributed by atoms with Crippen molar-refractivity contribution >= 4 is 22.8 Å². The molecule has 2 rings (SSSR count). The van der Waals surface area contributed by atoms with Crippen molar-refractivity contribution in [3.05, 3.63) is 30.1 Å². The van der Waals surface area contributed by atoms with Gasteiger partial charge in [0, 0.05) is 23.7 Å². The number of carbonyl (C=O) groups excluding carboxylic acids is 1. The Morgan fingerprint density at radius 1 is 1.50 bits per heavy atom. The van der Waals surface area contributed by atoms with Gasteiger partial charge in [-0.2, -0.15) is 0 Å². The summed E-state index contributed by atoms with van der Waals surface area (Å²) in [6, 6.07) is 2.91. The molecule has 14 heavy (non-hydrogen) atoms. The fraction of sp³-hybridized carbons (Fsp3) is 0.222. The summed E-state index contributed by atoms with van der Waals surface area (Å²) in [5.41, 5.74) is 0.911. The molecule has 72 valence electrons. The molecule has 0 amide bonds. The van der Waals surface area contributed by atoms with Gasteiger partial charge in [0.1, 0.15) is 6.04 Å². The number of pyridine rings is 1. The van der Waals surface area contributed by atoms with Crippen LogP contribution in [0.3, 0.4) is 0 Å². The van der Waals surface area contributed by atoms with Gasteiger partial charge in [-0.15, -0.1) is 11.8 Å². The van der Waals surface area contributed by atoms with Crippen LogP contribution in [0.4, 0.5) is 0 Å². The molecular weight excluding hydrogens is 200 g/mol. The Balaban J connectivity index is 2.22. The van der Waals surface area contributed by atoms with E-state index >= 15 is 0 Å². The number of aliphatic imine (C=N–C) groups is 1. The molecule has 1 aromatic rings. The molecule has 0 N–H and O–H groups in total. The average molecular weight is 207 g/mol. The van der Waals surface area contributed by atoms with Crippen molar-refractivity contribution in [2.24, 2.45) is 4.99 Å². The van der Waals surface area contributed by atoms with E-state index in [4.69, 9.17) is 0 Å². The van der Waals surface area contributed by atoms with E-state index in [0.717, 1.165) is 10.6 Å². The molecule has 0 fully saturated rings. The number of carboxylic acids is 1. The lowest BCUT2D eigenvalue weighted by molar-refractivity contribution is -0.306. The lowest BCUT2D eigenvalue weighted by atomic mass is 10.3. The van der Waals surface area contributed by atoms with Gasteiger partial charge in [-0.1, -0.05) is 0 Å². The van der Waals surface area contributed by atoms with Crippen LogP contribution in [0.1, 0.15) is 5.56 Å². The van der Waals surface area contributed by atoms with Crippen molar-refractivity contribution < 1.29 is 9.90 Å². The second-order valence-corrected chi connectivity index (χ2v) is 3.82. The van der Waals surface area contributed by atoms with E-state index in [1.165, 1.54) is 11.8 Å². The largest absolute Gasteiger partial charge is 0.548 e. The number of aromatic nitrogens is 1. The maximum atomic E-state index is 10.5. The predicted octanol–water partition coefficient (Wildman–Crippen LogP) is -0.307. The highest BCUT2D eigenvalue weighted by molar-refractivity contribution is 8.14. The van der Waals surface area contributed by atoms with E-state index in [1.54, 1.807) is 12.4 Å². The number of hydrogen-bond acceptors (Lipinski definition) is 5. The average Bonchev–Trinajstić information content (AvgIpc) is 2.68. The van der Waals surface area contributed by atoms with E-state index in [-0.39, 0.29) is 0 Å². The van der Waals surface area contributed by atoms with E-state index in [2.05, 4.69) is 9.98 Å². The van der Waals surface area contributed by atoms with Crippen molar-refractivity contribution in [2.75, 3.05) is 5.75 Å². The number of thioether (sulfide) groups is 1. The van der Waals surface area contributed by atoms with Crippen LogP contribution < -0.4 is 5.11 Å². The Morgan fingerprint density at radius 2 is 2.21 bits per heavy atom. The first kappa shape index (κ1) is 9.21. The number of hydrogen-bond donors (Lipinski definition) is 0. The summed E-state index contributed by atoms with van der Waals surface area (Å²) >= 11 is 1.43. The van der Waals surface area contributed by atoms with Crippen molar-refractivity contribution in [3.8, 4) is 0 Å². The molecule has 2 heterocycles. The van der Waals surface area contributed by atoms with Crippen molar-refractivity contribution in [1.82, 2.24) is 4.98 Å². The van der Waals surface area contributed by atoms with Gasteiger partial charge in [0.15, 0.2) is 0 Å². The zero-order valence-electron chi connectivity index (χ0n) is 7.21. The van der Waals surface area contributed by atoms with Crippen LogP contribution in [0.2, 0.25) is 0 Å². The SMILES string of the molecule is O=C([O-])[C@H]1CSC(c2ccncc2)=N1. The predicted molar refractivity (Wildman–Crippen MR) is 52.0 cm³/mol. The van der Waals surface area contributed by atoms with Crippen LogP contribution in [0.5, 0.6) is 0 Å². The highest BCUT2D eigenvalue weighted by atomic mass is 32.2. The third kappa shape index (κ3) is 1.77. The summed E-state index contributed by atoms with van der Waals surface area (Å²) < 4.78 is 0. The summed E-state index contributed by atoms with van der Waals surface area (Å²) in [5.74, 6) is -0.651. The third-order valence-corrected chi connectivity index (χ3v) is 2.95. The van der Waals surface area contributed by atoms with E-state index in [0.29, 0.717) is 5.75 Å². The van der Waals surface area contributed by atoms with Gasteiger partial charge in [0.25, 0.3) is 0 Å². The molecule has 0 saturated carbocycles. The van der Waals surface area contributed by atoms with Gasteiger partial charge >= 0.3 is 0 Å². The number of carbonyl (C=O) groups is 1. The van der Waals surface area contributed by atoms with Gasteiger partial charge in [-0.25, -0.2) is 0 Å². The van der Waals surface area contributed by atoms with Crippen LogP contribution >= 0.6 is 11.8 Å². The highest BCUT2D eigenvalue weighted by Crippen LogP contribution is 2.22. The first-order valence-electron chi connectivity index (χ1n) is 4.09. The summed E-state index contributed by atoms with van der Waals surface area (Å²) in [7, 11) is 0. The molecule has 0 aliphatic carbocycles. The summed E-state index contributed by atoms with van der Waals surface area (Å²) in [4.78, 5) is 18.5. The second kappa shape index (κ2) is 3.79. The molecule has 4 nitrogen and oxygen atoms in total. The minimum absolute atomic E-state index is 0.458. The van der Waals surface area contributed by atoms with Crippen molar-refractivity contribution in [2.45, 2.75) is 6.04 Å². The summed E-state index contributed by atoms with van der Waals surface area (Å²) in [6.07, 6.45) is 3.31. The minimum atomic E-state index is -1.11. The zero-order chi connectivity index (χ0) is 9.97. The van der Waals surface area contributed by atoms with E-state index < -0.39 is 12.0 Å². The number of rotatable bonds is 2. The van der Waals surface area contributed by atoms with Crippen LogP contribution in [-0.4, -0.2) is 27.8 Å². The Hall–Kier alpha value is -1.36. The number of carboxylic acid groups (broad SMARTS) is 1. The lowest BCUT2D eigenvalue weighted by Gasteiger charge is -2.04. The molecule has 0 bridgehead atoms. The normalized spacial score (nSPS) is 20.6. The smallest absolute Gasteiger partial charge is 0.100 e. The van der Waals surface area contributed by atoms with Crippen molar-refractivity contribution in [3.63, 3.8) is 0 Å². The standard InChI is InChI=1S/C9H8N2O2S/c12-9(13)7-5-14-8(11-7)6-1-3-10-4-2-6/h1-4,7H,5H2,(H,12,13)/p-1/t7-/m1/s1. The Bertz CT molecular complexity index is 378. The molecule has 0 saturated heterocycles. The topological polar surface area (TPSA) is 65.4 Å². The number of aliphatic carboxylic acids is 1. The van der Waals surface area contributed by atoms with Gasteiger partial charge in [-0.3, -0.25) is 9.98 Å². The first-order chi connectivity index (χ1) is 6.77. The second-order valence-electron chi connectivity index (χ2n) is 2.82. The zero-order valence-corrected chi connectivity index (χ0v) is 8.03. The molecule has 0 radical (unpaired) electrons. The fourth-order valence-electron chi connectivity index (χ4n) is 1.15. The molecule has 5 heteroatoms. The highest BCUT2D eigenvalue weighted by Gasteiger charge is 2.19. The molecule has 1 aromatic heterocycles. The Kier molecular flexibility index (Phi) is 2.49. The van der Waals surface area contributed by atoms with Gasteiger partial charge in [-0.05, 0) is 12.1 Å². The summed E-state index contributed by atoms with van der Waals surface area (Å²) in [5, 5.41) is 11.3.